The van der Waals surface area contributed by atoms with Gasteiger partial charge in [-0.15, -0.1) is 0 Å². The van der Waals surface area contributed by atoms with Crippen molar-refractivity contribution in [1.29, 1.82) is 0 Å². The van der Waals surface area contributed by atoms with Crippen LogP contribution in [0.15, 0.2) is 109 Å². The fraction of sp³-hybridized carbons (Fsp3) is 0.753. The van der Waals surface area contributed by atoms with Gasteiger partial charge in [0, 0.05) is 6.42 Å². The molecule has 19 nitrogen and oxygen atoms in total. The SMILES string of the molecule is CC/C=C\C/C=C\C/C=C\C/C=C\C/C=C\C/C=C\C/C=C\CCCCCCCCCCCCCCCCCC(=O)NC(COC1OC(CO)C(OC2OC(CO)C(OC3OC(CO)C(O)C(O)C3O)C(O)C2O)C(O)C1O)C(O)/C=C/CC/C=C/CCCCCCCCCC. The largest absolute Gasteiger partial charge is 0.394 e. The van der Waals surface area contributed by atoms with E-state index in [1.165, 1.54) is 116 Å². The van der Waals surface area contributed by atoms with Crippen molar-refractivity contribution in [2.24, 2.45) is 0 Å². The Labute approximate surface area is 576 Å². The van der Waals surface area contributed by atoms with Crippen LogP contribution < -0.4 is 5.32 Å². The van der Waals surface area contributed by atoms with Gasteiger partial charge in [0.1, 0.15) is 73.2 Å². The molecule has 0 aromatic heterocycles. The molecule has 3 rings (SSSR count). The summed E-state index contributed by atoms with van der Waals surface area (Å²) in [6.07, 6.45) is 50.8. The number of carbonyl (C=O) groups excluding carboxylic acids is 1. The Morgan fingerprint density at radius 2 is 0.729 bits per heavy atom. The molecule has 0 aromatic carbocycles. The zero-order valence-corrected chi connectivity index (χ0v) is 58.6. The molecule has 17 atom stereocenters. The predicted molar refractivity (Wildman–Crippen MR) is 378 cm³/mol. The number of hydrogen-bond acceptors (Lipinski definition) is 18. The summed E-state index contributed by atoms with van der Waals surface area (Å²) in [4.78, 5) is 13.4. The molecule has 19 heteroatoms. The number of nitrogens with one attached hydrogen (secondary N) is 1. The van der Waals surface area contributed by atoms with E-state index in [9.17, 15) is 61.0 Å². The zero-order chi connectivity index (χ0) is 69.6. The zero-order valence-electron chi connectivity index (χ0n) is 58.6. The van der Waals surface area contributed by atoms with Gasteiger partial charge in [-0.05, 0) is 89.9 Å². The number of carbonyl (C=O) groups is 1. The molecule has 0 radical (unpaired) electrons. The van der Waals surface area contributed by atoms with Crippen LogP contribution in [0.5, 0.6) is 0 Å². The van der Waals surface area contributed by atoms with Gasteiger partial charge in [-0.2, -0.15) is 0 Å². The molecule has 1 amide bonds. The molecule has 3 aliphatic rings. The average Bonchev–Trinajstić information content (AvgIpc) is 0.787. The van der Waals surface area contributed by atoms with Crippen LogP contribution in [0.3, 0.4) is 0 Å². The second-order valence-corrected chi connectivity index (χ2v) is 26.0. The Bertz CT molecular complexity index is 2160. The predicted octanol–water partition coefficient (Wildman–Crippen LogP) is 11.0. The molecule has 17 unspecified atom stereocenters. The highest BCUT2D eigenvalue weighted by Gasteiger charge is 2.53. The Morgan fingerprint density at radius 3 is 1.17 bits per heavy atom. The Balaban J connectivity index is 1.34. The number of amides is 1. The van der Waals surface area contributed by atoms with Gasteiger partial charge in [0.05, 0.1) is 38.6 Å². The minimum absolute atomic E-state index is 0.230. The van der Waals surface area contributed by atoms with E-state index in [1.807, 2.05) is 6.08 Å². The standard InChI is InChI=1S/C77H131NO18/c1-3-5-7-9-11-13-15-17-19-20-21-22-23-24-25-26-27-28-29-30-31-32-33-34-35-36-37-38-39-40-41-43-45-47-49-51-53-55-65(83)78-60(61(82)54-52-50-48-46-44-42-18-16-14-12-10-8-6-4-2)59-91-75-71(89)68(86)73(63(57-80)93-75)96-77-72(90)69(87)74(64(58-81)94-77)95-76-70(88)67(85)66(84)62(56-79)92-76/h5,7,11,13,17,19,21-22,24-25,27-28,30-31,44,46,52,54,60-64,66-77,79-82,84-90H,3-4,6,8-10,12,14-16,18,20,23,26,29,32-43,45,47-51,53,55-59H2,1-2H3,(H,78,83)/b7-5-,13-11-,19-17-,22-21-,25-24-,28-27-,31-30-,46-44+,54-52+. The highest BCUT2D eigenvalue weighted by atomic mass is 16.8. The molecule has 3 saturated heterocycles. The van der Waals surface area contributed by atoms with Gasteiger partial charge in [-0.25, -0.2) is 0 Å². The first kappa shape index (κ1) is 86.7. The van der Waals surface area contributed by atoms with Crippen LogP contribution in [0.25, 0.3) is 0 Å². The fourth-order valence-electron chi connectivity index (χ4n) is 11.8. The van der Waals surface area contributed by atoms with Crippen LogP contribution >= 0.6 is 0 Å². The van der Waals surface area contributed by atoms with E-state index in [4.69, 9.17) is 28.4 Å². The molecule has 0 aromatic rings. The van der Waals surface area contributed by atoms with E-state index in [-0.39, 0.29) is 18.9 Å². The lowest BCUT2D eigenvalue weighted by Gasteiger charge is -2.48. The number of rotatable bonds is 56. The van der Waals surface area contributed by atoms with Crippen molar-refractivity contribution in [2.75, 3.05) is 26.4 Å². The topological polar surface area (TPSA) is 307 Å². The number of aliphatic hydroxyl groups is 11. The van der Waals surface area contributed by atoms with Gasteiger partial charge in [-0.1, -0.05) is 252 Å². The number of ether oxygens (including phenoxy) is 6. The first-order chi connectivity index (χ1) is 46.8. The summed E-state index contributed by atoms with van der Waals surface area (Å²) in [7, 11) is 0. The number of allylic oxidation sites excluding steroid dienone is 17. The molecule has 3 heterocycles. The Hall–Kier alpha value is -3.55. The van der Waals surface area contributed by atoms with Crippen LogP contribution in [0.2, 0.25) is 0 Å². The van der Waals surface area contributed by atoms with Gasteiger partial charge in [0.2, 0.25) is 5.91 Å². The molecular weight excluding hydrogens is 1230 g/mol. The van der Waals surface area contributed by atoms with Crippen molar-refractivity contribution < 1.29 is 89.4 Å². The van der Waals surface area contributed by atoms with Crippen molar-refractivity contribution in [3.05, 3.63) is 109 Å². The minimum atomic E-state index is -1.98. The lowest BCUT2D eigenvalue weighted by molar-refractivity contribution is -0.379. The fourth-order valence-corrected chi connectivity index (χ4v) is 11.8. The molecule has 0 bridgehead atoms. The number of hydrogen-bond donors (Lipinski definition) is 12. The van der Waals surface area contributed by atoms with Gasteiger partial charge < -0.3 is 89.9 Å². The van der Waals surface area contributed by atoms with Crippen molar-refractivity contribution in [3.8, 4) is 0 Å². The van der Waals surface area contributed by atoms with E-state index in [2.05, 4.69) is 116 Å². The Morgan fingerprint density at radius 1 is 0.385 bits per heavy atom. The lowest BCUT2D eigenvalue weighted by atomic mass is 9.96. The molecule has 3 fully saturated rings. The lowest BCUT2D eigenvalue weighted by Crippen LogP contribution is -2.66. The van der Waals surface area contributed by atoms with E-state index in [0.29, 0.717) is 12.8 Å². The van der Waals surface area contributed by atoms with E-state index in [1.54, 1.807) is 6.08 Å². The van der Waals surface area contributed by atoms with E-state index < -0.39 is 124 Å². The molecule has 3 aliphatic heterocycles. The van der Waals surface area contributed by atoms with Crippen LogP contribution in [0.1, 0.15) is 239 Å². The van der Waals surface area contributed by atoms with E-state index >= 15 is 0 Å². The maximum atomic E-state index is 13.4. The van der Waals surface area contributed by atoms with Crippen LogP contribution in [-0.2, 0) is 33.2 Å². The second kappa shape index (κ2) is 57.1. The third kappa shape index (κ3) is 37.8. The molecular formula is C77H131NO18. The Kier molecular flexibility index (Phi) is 51.6. The third-order valence-corrected chi connectivity index (χ3v) is 17.8. The summed E-state index contributed by atoms with van der Waals surface area (Å²) in [5.74, 6) is -0.289. The second-order valence-electron chi connectivity index (χ2n) is 26.0. The van der Waals surface area contributed by atoms with Gasteiger partial charge in [0.15, 0.2) is 18.9 Å². The first-order valence-electron chi connectivity index (χ1n) is 37.1. The summed E-state index contributed by atoms with van der Waals surface area (Å²) < 4.78 is 34.3. The van der Waals surface area contributed by atoms with Crippen LogP contribution in [0.4, 0.5) is 0 Å². The number of aliphatic hydroxyl groups excluding tert-OH is 11. The maximum absolute atomic E-state index is 13.4. The van der Waals surface area contributed by atoms with Crippen molar-refractivity contribution in [2.45, 2.75) is 343 Å². The van der Waals surface area contributed by atoms with Gasteiger partial charge in [0.25, 0.3) is 0 Å². The number of unbranched alkanes of at least 4 members (excludes halogenated alkanes) is 24. The third-order valence-electron chi connectivity index (χ3n) is 17.8. The summed E-state index contributed by atoms with van der Waals surface area (Å²) >= 11 is 0. The minimum Gasteiger partial charge on any atom is -0.394 e. The van der Waals surface area contributed by atoms with Crippen molar-refractivity contribution >= 4 is 5.91 Å². The highest BCUT2D eigenvalue weighted by molar-refractivity contribution is 5.76. The maximum Gasteiger partial charge on any atom is 0.220 e. The molecule has 552 valence electrons. The molecule has 12 N–H and O–H groups in total. The highest BCUT2D eigenvalue weighted by Crippen LogP contribution is 2.33. The monoisotopic (exact) mass is 1360 g/mol. The molecule has 96 heavy (non-hydrogen) atoms. The summed E-state index contributed by atoms with van der Waals surface area (Å²) in [6, 6.07) is -0.995. The van der Waals surface area contributed by atoms with E-state index in [0.717, 1.165) is 89.9 Å². The molecule has 0 saturated carbocycles. The summed E-state index contributed by atoms with van der Waals surface area (Å²) in [5, 5.41) is 120. The van der Waals surface area contributed by atoms with Crippen molar-refractivity contribution in [1.82, 2.24) is 5.32 Å². The quantitative estimate of drug-likeness (QED) is 0.0199. The molecule has 0 aliphatic carbocycles. The smallest absolute Gasteiger partial charge is 0.220 e. The summed E-state index contributed by atoms with van der Waals surface area (Å²) in [6.45, 7) is 1.58. The van der Waals surface area contributed by atoms with Crippen LogP contribution in [0, 0.1) is 0 Å². The first-order valence-corrected chi connectivity index (χ1v) is 37.1. The van der Waals surface area contributed by atoms with Crippen LogP contribution in [-0.4, -0.2) is 193 Å². The normalized spacial score (nSPS) is 27.7. The van der Waals surface area contributed by atoms with Crippen molar-refractivity contribution in [3.63, 3.8) is 0 Å². The van der Waals surface area contributed by atoms with Gasteiger partial charge in [-0.3, -0.25) is 4.79 Å². The molecule has 0 spiro atoms. The van der Waals surface area contributed by atoms with Gasteiger partial charge >= 0.3 is 0 Å². The summed E-state index contributed by atoms with van der Waals surface area (Å²) in [5.41, 5.74) is 0. The average molecular weight is 1360 g/mol.